The first-order valence-electron chi connectivity index (χ1n) is 5.35. The molecule has 0 bridgehead atoms. The van der Waals surface area contributed by atoms with E-state index in [9.17, 15) is 9.59 Å². The summed E-state index contributed by atoms with van der Waals surface area (Å²) in [4.78, 5) is 27.8. The summed E-state index contributed by atoms with van der Waals surface area (Å²) >= 11 is 1.32. The zero-order chi connectivity index (χ0) is 13.2. The van der Waals surface area contributed by atoms with Crippen molar-refractivity contribution in [3.63, 3.8) is 0 Å². The molecule has 0 saturated carbocycles. The molecule has 1 unspecified atom stereocenters. The zero-order valence-corrected chi connectivity index (χ0v) is 10.5. The number of thiazole rings is 1. The Bertz CT molecular complexity index is 467. The highest BCUT2D eigenvalue weighted by Crippen LogP contribution is 2.20. The van der Waals surface area contributed by atoms with Crippen molar-refractivity contribution in [1.29, 1.82) is 0 Å². The molecule has 0 radical (unpaired) electrons. The number of carboxylic acid groups (broad SMARTS) is 1. The number of hydrogen-bond donors (Lipinski definition) is 3. The summed E-state index contributed by atoms with van der Waals surface area (Å²) in [5.74, 6) is -1.09. The highest BCUT2D eigenvalue weighted by molar-refractivity contribution is 7.15. The van der Waals surface area contributed by atoms with Crippen molar-refractivity contribution in [3.8, 4) is 0 Å². The number of rotatable bonds is 3. The lowest BCUT2D eigenvalue weighted by molar-refractivity contribution is -0.144. The van der Waals surface area contributed by atoms with E-state index in [2.05, 4.69) is 15.6 Å². The average molecular weight is 271 g/mol. The number of aliphatic carboxylic acids is 1. The maximum atomic E-state index is 11.7. The number of hydrogen-bond acceptors (Lipinski definition) is 5. The van der Waals surface area contributed by atoms with Crippen molar-refractivity contribution >= 4 is 28.5 Å². The number of urea groups is 1. The molecule has 1 aromatic heterocycles. The van der Waals surface area contributed by atoms with E-state index >= 15 is 0 Å². The maximum Gasteiger partial charge on any atom is 0.332 e. The van der Waals surface area contributed by atoms with Crippen molar-refractivity contribution < 1.29 is 19.4 Å². The van der Waals surface area contributed by atoms with Gasteiger partial charge in [-0.05, 0) is 6.92 Å². The number of amides is 2. The molecule has 1 atom stereocenters. The first kappa shape index (κ1) is 12.8. The fraction of sp³-hybridized carbons (Fsp3) is 0.500. The average Bonchev–Trinajstić information content (AvgIpc) is 2.89. The Kier molecular flexibility index (Phi) is 3.48. The van der Waals surface area contributed by atoms with Crippen LogP contribution in [0, 0.1) is 6.92 Å². The molecular weight excluding hydrogens is 258 g/mol. The smallest absolute Gasteiger partial charge is 0.332 e. The number of aryl methyl sites for hydroxylation is 1. The molecule has 1 aromatic rings. The summed E-state index contributed by atoms with van der Waals surface area (Å²) in [6, 6.07) is -0.586. The standard InChI is InChI=1S/C10H13N3O4S/c1-6-4-11-9(18-6)12-8(16)13-10(7(14)15)2-3-17-5-10/h4H,2-3,5H2,1H3,(H,14,15)(H2,11,12,13,16). The largest absolute Gasteiger partial charge is 0.479 e. The van der Waals surface area contributed by atoms with Crippen LogP contribution < -0.4 is 10.6 Å². The number of nitrogens with one attached hydrogen (secondary N) is 2. The molecule has 1 saturated heterocycles. The molecule has 1 aliphatic rings. The lowest BCUT2D eigenvalue weighted by Crippen LogP contribution is -2.56. The van der Waals surface area contributed by atoms with Gasteiger partial charge in [-0.15, -0.1) is 11.3 Å². The van der Waals surface area contributed by atoms with Gasteiger partial charge in [0.2, 0.25) is 0 Å². The molecule has 2 heterocycles. The third kappa shape index (κ3) is 2.59. The molecule has 2 rings (SSSR count). The Morgan fingerprint density at radius 3 is 2.89 bits per heavy atom. The quantitative estimate of drug-likeness (QED) is 0.755. The van der Waals surface area contributed by atoms with Gasteiger partial charge >= 0.3 is 12.0 Å². The highest BCUT2D eigenvalue weighted by Gasteiger charge is 2.44. The zero-order valence-electron chi connectivity index (χ0n) is 9.73. The number of carbonyl (C=O) groups excluding carboxylic acids is 1. The van der Waals surface area contributed by atoms with E-state index in [0.717, 1.165) is 4.88 Å². The highest BCUT2D eigenvalue weighted by atomic mass is 32.1. The molecule has 1 fully saturated rings. The molecule has 8 heteroatoms. The Labute approximate surface area is 107 Å². The van der Waals surface area contributed by atoms with Crippen molar-refractivity contribution in [3.05, 3.63) is 11.1 Å². The summed E-state index contributed by atoms with van der Waals surface area (Å²) in [5.41, 5.74) is -1.34. The van der Waals surface area contributed by atoms with E-state index in [1.807, 2.05) is 6.92 Å². The monoisotopic (exact) mass is 271 g/mol. The fourth-order valence-electron chi connectivity index (χ4n) is 1.64. The summed E-state index contributed by atoms with van der Waals surface area (Å²) in [5, 5.41) is 14.5. The Hall–Kier alpha value is -1.67. The van der Waals surface area contributed by atoms with Crippen LogP contribution in [0.2, 0.25) is 0 Å². The van der Waals surface area contributed by atoms with Crippen LogP contribution in [0.15, 0.2) is 6.20 Å². The Balaban J connectivity index is 1.99. The Morgan fingerprint density at radius 2 is 2.39 bits per heavy atom. The predicted octanol–water partition coefficient (Wildman–Crippen LogP) is 0.817. The second kappa shape index (κ2) is 4.91. The molecule has 1 aliphatic heterocycles. The van der Waals surface area contributed by atoms with Crippen LogP contribution in [0.5, 0.6) is 0 Å². The number of aromatic nitrogens is 1. The van der Waals surface area contributed by atoms with Crippen LogP contribution in [0.1, 0.15) is 11.3 Å². The molecule has 0 aromatic carbocycles. The number of carbonyl (C=O) groups is 2. The minimum absolute atomic E-state index is 0.0212. The van der Waals surface area contributed by atoms with Gasteiger partial charge in [-0.25, -0.2) is 14.6 Å². The van der Waals surface area contributed by atoms with Crippen LogP contribution in [0.4, 0.5) is 9.93 Å². The van der Waals surface area contributed by atoms with Gasteiger partial charge in [0, 0.05) is 24.1 Å². The molecule has 18 heavy (non-hydrogen) atoms. The Morgan fingerprint density at radius 1 is 1.61 bits per heavy atom. The molecule has 0 spiro atoms. The molecular formula is C10H13N3O4S. The number of carboxylic acids is 1. The first-order chi connectivity index (χ1) is 8.52. The summed E-state index contributed by atoms with van der Waals surface area (Å²) in [6.45, 7) is 2.17. The van der Waals surface area contributed by atoms with Crippen LogP contribution in [0.3, 0.4) is 0 Å². The lowest BCUT2D eigenvalue weighted by atomic mass is 9.99. The van der Waals surface area contributed by atoms with E-state index in [0.29, 0.717) is 11.7 Å². The van der Waals surface area contributed by atoms with Crippen LogP contribution >= 0.6 is 11.3 Å². The summed E-state index contributed by atoms with van der Waals surface area (Å²) in [6.07, 6.45) is 1.89. The third-order valence-electron chi connectivity index (χ3n) is 2.63. The SMILES string of the molecule is Cc1cnc(NC(=O)NC2(C(=O)O)CCOC2)s1. The van der Waals surface area contributed by atoms with Crippen molar-refractivity contribution in [1.82, 2.24) is 10.3 Å². The van der Waals surface area contributed by atoms with Crippen LogP contribution in [-0.2, 0) is 9.53 Å². The van der Waals surface area contributed by atoms with Crippen molar-refractivity contribution in [2.75, 3.05) is 18.5 Å². The van der Waals surface area contributed by atoms with Gasteiger partial charge in [0.1, 0.15) is 0 Å². The van der Waals surface area contributed by atoms with E-state index in [1.54, 1.807) is 6.20 Å². The first-order valence-corrected chi connectivity index (χ1v) is 6.16. The maximum absolute atomic E-state index is 11.7. The summed E-state index contributed by atoms with van der Waals surface area (Å²) in [7, 11) is 0. The number of anilines is 1. The normalized spacial score (nSPS) is 22.7. The number of ether oxygens (including phenoxy) is 1. The van der Waals surface area contributed by atoms with E-state index in [1.165, 1.54) is 11.3 Å². The number of nitrogens with zero attached hydrogens (tertiary/aromatic N) is 1. The van der Waals surface area contributed by atoms with Gasteiger partial charge in [0.25, 0.3) is 0 Å². The molecule has 2 amide bonds. The predicted molar refractivity (Wildman–Crippen MR) is 64.8 cm³/mol. The summed E-state index contributed by atoms with van der Waals surface area (Å²) < 4.78 is 5.04. The molecule has 0 aliphatic carbocycles. The van der Waals surface area contributed by atoms with E-state index in [4.69, 9.17) is 9.84 Å². The van der Waals surface area contributed by atoms with Crippen LogP contribution in [-0.4, -0.2) is 40.8 Å². The lowest BCUT2D eigenvalue weighted by Gasteiger charge is -2.23. The van der Waals surface area contributed by atoms with Gasteiger partial charge in [0.15, 0.2) is 10.7 Å². The minimum Gasteiger partial charge on any atom is -0.479 e. The van der Waals surface area contributed by atoms with Gasteiger partial charge in [0.05, 0.1) is 6.61 Å². The fourth-order valence-corrected chi connectivity index (χ4v) is 2.30. The molecule has 98 valence electrons. The van der Waals surface area contributed by atoms with Crippen molar-refractivity contribution in [2.45, 2.75) is 18.9 Å². The molecule has 3 N–H and O–H groups in total. The topological polar surface area (TPSA) is 101 Å². The van der Waals surface area contributed by atoms with E-state index in [-0.39, 0.29) is 13.0 Å². The van der Waals surface area contributed by atoms with E-state index < -0.39 is 17.5 Å². The second-order valence-electron chi connectivity index (χ2n) is 4.05. The molecule has 7 nitrogen and oxygen atoms in total. The van der Waals surface area contributed by atoms with Gasteiger partial charge in [-0.2, -0.15) is 0 Å². The van der Waals surface area contributed by atoms with Crippen molar-refractivity contribution in [2.24, 2.45) is 0 Å². The van der Waals surface area contributed by atoms with Gasteiger partial charge < -0.3 is 15.2 Å². The minimum atomic E-state index is -1.34. The third-order valence-corrected chi connectivity index (χ3v) is 3.45. The van der Waals surface area contributed by atoms with Gasteiger partial charge in [-0.3, -0.25) is 5.32 Å². The second-order valence-corrected chi connectivity index (χ2v) is 5.28. The van der Waals surface area contributed by atoms with Gasteiger partial charge in [-0.1, -0.05) is 0 Å². The van der Waals surface area contributed by atoms with Crippen LogP contribution in [0.25, 0.3) is 0 Å².